The van der Waals surface area contributed by atoms with Crippen molar-refractivity contribution in [2.75, 3.05) is 6.61 Å². The van der Waals surface area contributed by atoms with Gasteiger partial charge in [0.15, 0.2) is 0 Å². The molecular weight excluding hydrogens is 292 g/mol. The van der Waals surface area contributed by atoms with Gasteiger partial charge in [-0.2, -0.15) is 0 Å². The Labute approximate surface area is 142 Å². The average Bonchev–Trinajstić information content (AvgIpc) is 2.48. The monoisotopic (exact) mass is 328 g/mol. The van der Waals surface area contributed by atoms with E-state index in [0.29, 0.717) is 12.5 Å². The van der Waals surface area contributed by atoms with Crippen molar-refractivity contribution in [1.82, 2.24) is 0 Å². The predicted octanol–water partition coefficient (Wildman–Crippen LogP) is 4.75. The van der Waals surface area contributed by atoms with Crippen LogP contribution in [0.15, 0.2) is 0 Å². The van der Waals surface area contributed by atoms with E-state index in [2.05, 4.69) is 27.7 Å². The fourth-order valence-electron chi connectivity index (χ4n) is 2.89. The van der Waals surface area contributed by atoms with Crippen LogP contribution in [0.25, 0.3) is 0 Å². The molecule has 0 N–H and O–H groups in total. The van der Waals surface area contributed by atoms with Crippen LogP contribution in [0.3, 0.4) is 0 Å². The Morgan fingerprint density at radius 1 is 0.913 bits per heavy atom. The van der Waals surface area contributed by atoms with E-state index in [1.165, 1.54) is 0 Å². The van der Waals surface area contributed by atoms with Gasteiger partial charge in [0.1, 0.15) is 0 Å². The van der Waals surface area contributed by atoms with Crippen LogP contribution in [0, 0.1) is 17.8 Å². The second-order valence-corrected chi connectivity index (χ2v) is 6.83. The molecule has 0 fully saturated rings. The minimum atomic E-state index is -0.761. The van der Waals surface area contributed by atoms with E-state index in [1.807, 2.05) is 6.92 Å². The molecule has 0 aliphatic carbocycles. The molecule has 23 heavy (non-hydrogen) atoms. The van der Waals surface area contributed by atoms with Gasteiger partial charge in [-0.3, -0.25) is 4.79 Å². The molecule has 4 nitrogen and oxygen atoms in total. The summed E-state index contributed by atoms with van der Waals surface area (Å²) in [6.07, 6.45) is 4.82. The van der Waals surface area contributed by atoms with Gasteiger partial charge in [-0.05, 0) is 32.1 Å². The summed E-state index contributed by atoms with van der Waals surface area (Å²) < 4.78 is 10.8. The van der Waals surface area contributed by atoms with Gasteiger partial charge in [-0.25, -0.2) is 4.79 Å². The van der Waals surface area contributed by atoms with Crippen molar-refractivity contribution in [3.63, 3.8) is 0 Å². The van der Waals surface area contributed by atoms with Crippen LogP contribution in [-0.2, 0) is 19.1 Å². The van der Waals surface area contributed by atoms with Crippen molar-refractivity contribution < 1.29 is 19.1 Å². The third kappa shape index (κ3) is 8.97. The van der Waals surface area contributed by atoms with Crippen LogP contribution < -0.4 is 0 Å². The second kappa shape index (κ2) is 12.4. The SMILES string of the molecule is CCCCC(CCC)C(OC(=O)C(C)CC(C)C)C(=O)OCC. The minimum Gasteiger partial charge on any atom is -0.463 e. The van der Waals surface area contributed by atoms with Crippen LogP contribution in [0.5, 0.6) is 0 Å². The van der Waals surface area contributed by atoms with Crippen molar-refractivity contribution in [1.29, 1.82) is 0 Å². The Morgan fingerprint density at radius 2 is 1.57 bits per heavy atom. The number of hydrogen-bond acceptors (Lipinski definition) is 4. The topological polar surface area (TPSA) is 52.6 Å². The van der Waals surface area contributed by atoms with Gasteiger partial charge in [0.05, 0.1) is 12.5 Å². The first-order chi connectivity index (χ1) is 10.9. The number of ether oxygens (including phenoxy) is 2. The predicted molar refractivity (Wildman–Crippen MR) is 93.1 cm³/mol. The highest BCUT2D eigenvalue weighted by atomic mass is 16.6. The first kappa shape index (κ1) is 21.9. The van der Waals surface area contributed by atoms with Gasteiger partial charge in [0, 0.05) is 5.92 Å². The maximum atomic E-state index is 12.4. The van der Waals surface area contributed by atoms with Crippen LogP contribution in [0.2, 0.25) is 0 Å². The molecule has 0 rings (SSSR count). The van der Waals surface area contributed by atoms with Crippen molar-refractivity contribution in [3.05, 3.63) is 0 Å². The zero-order chi connectivity index (χ0) is 17.8. The number of carbonyl (C=O) groups is 2. The molecule has 0 aromatic carbocycles. The van der Waals surface area contributed by atoms with Crippen molar-refractivity contribution in [2.24, 2.45) is 17.8 Å². The molecule has 0 aliphatic rings. The number of unbranched alkanes of at least 4 members (excludes halogenated alkanes) is 1. The van der Waals surface area contributed by atoms with Crippen LogP contribution in [-0.4, -0.2) is 24.6 Å². The molecule has 0 radical (unpaired) electrons. The Morgan fingerprint density at radius 3 is 2.04 bits per heavy atom. The second-order valence-electron chi connectivity index (χ2n) is 6.83. The largest absolute Gasteiger partial charge is 0.463 e. The van der Waals surface area contributed by atoms with E-state index in [-0.39, 0.29) is 17.8 Å². The van der Waals surface area contributed by atoms with Gasteiger partial charge < -0.3 is 9.47 Å². The van der Waals surface area contributed by atoms with E-state index >= 15 is 0 Å². The molecule has 0 heterocycles. The Kier molecular flexibility index (Phi) is 11.8. The fourth-order valence-corrected chi connectivity index (χ4v) is 2.89. The highest BCUT2D eigenvalue weighted by Gasteiger charge is 2.33. The van der Waals surface area contributed by atoms with Gasteiger partial charge in [0.25, 0.3) is 0 Å². The molecule has 0 saturated heterocycles. The normalized spacial score (nSPS) is 15.1. The average molecular weight is 328 g/mol. The van der Waals surface area contributed by atoms with Crippen LogP contribution in [0.1, 0.15) is 80.1 Å². The van der Waals surface area contributed by atoms with Crippen molar-refractivity contribution in [2.45, 2.75) is 86.2 Å². The minimum absolute atomic E-state index is 0.0502. The zero-order valence-electron chi connectivity index (χ0n) is 15.9. The van der Waals surface area contributed by atoms with Crippen LogP contribution >= 0.6 is 0 Å². The Balaban J connectivity index is 5.02. The summed E-state index contributed by atoms with van der Waals surface area (Å²) in [5.41, 5.74) is 0. The molecule has 0 amide bonds. The summed E-state index contributed by atoms with van der Waals surface area (Å²) in [6, 6.07) is 0. The quantitative estimate of drug-likeness (QED) is 0.485. The summed E-state index contributed by atoms with van der Waals surface area (Å²) >= 11 is 0. The Hall–Kier alpha value is -1.06. The molecule has 0 aromatic rings. The third-order valence-corrected chi connectivity index (χ3v) is 4.01. The van der Waals surface area contributed by atoms with Crippen molar-refractivity contribution in [3.8, 4) is 0 Å². The first-order valence-corrected chi connectivity index (χ1v) is 9.24. The third-order valence-electron chi connectivity index (χ3n) is 4.01. The van der Waals surface area contributed by atoms with E-state index < -0.39 is 12.1 Å². The van der Waals surface area contributed by atoms with E-state index in [0.717, 1.165) is 38.5 Å². The lowest BCUT2D eigenvalue weighted by atomic mass is 9.91. The molecule has 0 spiro atoms. The molecule has 136 valence electrons. The molecule has 0 bridgehead atoms. The maximum absolute atomic E-state index is 12.4. The molecule has 3 atom stereocenters. The summed E-state index contributed by atoms with van der Waals surface area (Å²) in [7, 11) is 0. The van der Waals surface area contributed by atoms with Gasteiger partial charge in [-0.15, -0.1) is 0 Å². The summed E-state index contributed by atoms with van der Waals surface area (Å²) in [5.74, 6) is -0.402. The maximum Gasteiger partial charge on any atom is 0.347 e. The Bertz CT molecular complexity index is 338. The lowest BCUT2D eigenvalue weighted by molar-refractivity contribution is -0.174. The lowest BCUT2D eigenvalue weighted by Gasteiger charge is -2.26. The number of esters is 2. The molecule has 0 aliphatic heterocycles. The van der Waals surface area contributed by atoms with E-state index in [1.54, 1.807) is 6.92 Å². The van der Waals surface area contributed by atoms with E-state index in [4.69, 9.17) is 9.47 Å². The summed E-state index contributed by atoms with van der Waals surface area (Å²) in [6.45, 7) is 12.3. The van der Waals surface area contributed by atoms with Gasteiger partial charge >= 0.3 is 11.9 Å². The first-order valence-electron chi connectivity index (χ1n) is 9.24. The lowest BCUT2D eigenvalue weighted by Crippen LogP contribution is -2.37. The van der Waals surface area contributed by atoms with Gasteiger partial charge in [0.2, 0.25) is 6.10 Å². The molecule has 3 unspecified atom stereocenters. The highest BCUT2D eigenvalue weighted by molar-refractivity contribution is 5.80. The molecule has 4 heteroatoms. The highest BCUT2D eigenvalue weighted by Crippen LogP contribution is 2.24. The zero-order valence-corrected chi connectivity index (χ0v) is 15.9. The number of carbonyl (C=O) groups excluding carboxylic acids is 2. The number of rotatable bonds is 12. The standard InChI is InChI=1S/C19H36O4/c1-7-10-12-16(11-8-2)17(19(21)22-9-3)23-18(20)15(6)13-14(4)5/h14-17H,7-13H2,1-6H3. The molecular formula is C19H36O4. The van der Waals surface area contributed by atoms with E-state index in [9.17, 15) is 9.59 Å². The fraction of sp³-hybridized carbons (Fsp3) is 0.895. The smallest absolute Gasteiger partial charge is 0.347 e. The summed E-state index contributed by atoms with van der Waals surface area (Å²) in [4.78, 5) is 24.7. The van der Waals surface area contributed by atoms with Gasteiger partial charge in [-0.1, -0.05) is 53.9 Å². The summed E-state index contributed by atoms with van der Waals surface area (Å²) in [5, 5.41) is 0. The molecule has 0 aromatic heterocycles. The molecule has 0 saturated carbocycles. The number of hydrogen-bond donors (Lipinski definition) is 0. The van der Waals surface area contributed by atoms with Crippen molar-refractivity contribution >= 4 is 11.9 Å². The van der Waals surface area contributed by atoms with Crippen LogP contribution in [0.4, 0.5) is 0 Å².